The fourth-order valence-corrected chi connectivity index (χ4v) is 3.92. The van der Waals surface area contributed by atoms with Crippen LogP contribution in [0.4, 0.5) is 5.69 Å². The molecule has 3 aromatic rings. The first-order valence-electron chi connectivity index (χ1n) is 10.7. The lowest BCUT2D eigenvalue weighted by molar-refractivity contribution is -0.120. The second-order valence-corrected chi connectivity index (χ2v) is 7.84. The third kappa shape index (κ3) is 5.56. The number of anilines is 1. The molecule has 0 atom stereocenters. The highest BCUT2D eigenvalue weighted by Crippen LogP contribution is 2.18. The summed E-state index contributed by atoms with van der Waals surface area (Å²) in [4.78, 5) is 19.9. The smallest absolute Gasteiger partial charge is 0.241 e. The third-order valence-corrected chi connectivity index (χ3v) is 5.63. The van der Waals surface area contributed by atoms with Crippen molar-refractivity contribution in [1.82, 2.24) is 9.80 Å². The molecule has 0 unspecified atom stereocenters. The SMILES string of the molecule is O=C(CN1CCN(Cc2ccccc2)CC1)N(Cc1ccccc1)c1ccccc1. The van der Waals surface area contributed by atoms with Crippen LogP contribution in [-0.2, 0) is 17.9 Å². The van der Waals surface area contributed by atoms with Crippen molar-refractivity contribution in [3.63, 3.8) is 0 Å². The molecule has 3 aromatic carbocycles. The first-order valence-corrected chi connectivity index (χ1v) is 10.7. The Morgan fingerprint density at radius 2 is 1.17 bits per heavy atom. The Bertz CT molecular complexity index is 907. The largest absolute Gasteiger partial charge is 0.307 e. The van der Waals surface area contributed by atoms with E-state index in [9.17, 15) is 4.79 Å². The predicted molar refractivity (Wildman–Crippen MR) is 122 cm³/mol. The van der Waals surface area contributed by atoms with Gasteiger partial charge in [0.05, 0.1) is 13.1 Å². The lowest BCUT2D eigenvalue weighted by atomic mass is 10.2. The monoisotopic (exact) mass is 399 g/mol. The minimum absolute atomic E-state index is 0.154. The van der Waals surface area contributed by atoms with Crippen molar-refractivity contribution in [1.29, 1.82) is 0 Å². The number of nitrogens with zero attached hydrogens (tertiary/aromatic N) is 3. The van der Waals surface area contributed by atoms with Gasteiger partial charge in [-0.3, -0.25) is 14.6 Å². The second kappa shape index (κ2) is 10.2. The molecule has 1 heterocycles. The van der Waals surface area contributed by atoms with E-state index < -0.39 is 0 Å². The van der Waals surface area contributed by atoms with Gasteiger partial charge in [0.2, 0.25) is 5.91 Å². The second-order valence-electron chi connectivity index (χ2n) is 7.84. The average Bonchev–Trinajstić information content (AvgIpc) is 2.81. The summed E-state index contributed by atoms with van der Waals surface area (Å²) >= 11 is 0. The highest BCUT2D eigenvalue weighted by Gasteiger charge is 2.23. The van der Waals surface area contributed by atoms with E-state index in [4.69, 9.17) is 0 Å². The van der Waals surface area contributed by atoms with Gasteiger partial charge in [-0.1, -0.05) is 78.9 Å². The maximum absolute atomic E-state index is 13.3. The minimum Gasteiger partial charge on any atom is -0.307 e. The molecule has 4 rings (SSSR count). The van der Waals surface area contributed by atoms with Gasteiger partial charge in [0, 0.05) is 38.4 Å². The van der Waals surface area contributed by atoms with Crippen molar-refractivity contribution in [3.05, 3.63) is 102 Å². The van der Waals surface area contributed by atoms with Crippen LogP contribution < -0.4 is 4.90 Å². The van der Waals surface area contributed by atoms with E-state index in [0.717, 1.165) is 44.0 Å². The fourth-order valence-electron chi connectivity index (χ4n) is 3.92. The van der Waals surface area contributed by atoms with E-state index in [0.29, 0.717) is 13.1 Å². The normalized spacial score (nSPS) is 15.1. The summed E-state index contributed by atoms with van der Waals surface area (Å²) in [5.41, 5.74) is 3.44. The lowest BCUT2D eigenvalue weighted by Gasteiger charge is -2.35. The maximum Gasteiger partial charge on any atom is 0.241 e. The zero-order valence-corrected chi connectivity index (χ0v) is 17.4. The molecule has 1 fully saturated rings. The van der Waals surface area contributed by atoms with E-state index >= 15 is 0 Å². The molecule has 1 amide bonds. The summed E-state index contributed by atoms with van der Waals surface area (Å²) in [6.07, 6.45) is 0. The van der Waals surface area contributed by atoms with Crippen molar-refractivity contribution in [2.45, 2.75) is 13.1 Å². The molecule has 0 aliphatic carbocycles. The van der Waals surface area contributed by atoms with E-state index in [1.54, 1.807) is 0 Å². The Labute approximate surface area is 179 Å². The highest BCUT2D eigenvalue weighted by molar-refractivity contribution is 5.94. The quantitative estimate of drug-likeness (QED) is 0.600. The van der Waals surface area contributed by atoms with Crippen molar-refractivity contribution < 1.29 is 4.79 Å². The Hall–Kier alpha value is -2.95. The Morgan fingerprint density at radius 1 is 0.667 bits per heavy atom. The van der Waals surface area contributed by atoms with Gasteiger partial charge < -0.3 is 4.90 Å². The van der Waals surface area contributed by atoms with Crippen LogP contribution in [0, 0.1) is 0 Å². The van der Waals surface area contributed by atoms with Gasteiger partial charge in [0.25, 0.3) is 0 Å². The van der Waals surface area contributed by atoms with Crippen molar-refractivity contribution in [3.8, 4) is 0 Å². The van der Waals surface area contributed by atoms with Gasteiger partial charge >= 0.3 is 0 Å². The molecular weight excluding hydrogens is 370 g/mol. The number of rotatable bonds is 7. The molecule has 1 aliphatic heterocycles. The van der Waals surface area contributed by atoms with Crippen LogP contribution in [-0.4, -0.2) is 48.4 Å². The molecule has 0 bridgehead atoms. The van der Waals surface area contributed by atoms with Gasteiger partial charge in [0.15, 0.2) is 0 Å². The molecule has 1 aliphatic rings. The Kier molecular flexibility index (Phi) is 6.91. The molecule has 1 saturated heterocycles. The van der Waals surface area contributed by atoms with Crippen LogP contribution in [0.3, 0.4) is 0 Å². The number of piperazine rings is 1. The van der Waals surface area contributed by atoms with Crippen molar-refractivity contribution >= 4 is 11.6 Å². The maximum atomic E-state index is 13.3. The molecule has 154 valence electrons. The van der Waals surface area contributed by atoms with Gasteiger partial charge in [0.1, 0.15) is 0 Å². The number of para-hydroxylation sites is 1. The summed E-state index contributed by atoms with van der Waals surface area (Å²) in [6, 6.07) is 30.8. The van der Waals surface area contributed by atoms with E-state index in [2.05, 4.69) is 52.3 Å². The molecule has 0 spiro atoms. The van der Waals surface area contributed by atoms with Crippen molar-refractivity contribution in [2.75, 3.05) is 37.6 Å². The van der Waals surface area contributed by atoms with E-state index in [1.165, 1.54) is 5.56 Å². The van der Waals surface area contributed by atoms with Gasteiger partial charge in [-0.25, -0.2) is 0 Å². The Morgan fingerprint density at radius 3 is 1.77 bits per heavy atom. The summed E-state index contributed by atoms with van der Waals surface area (Å²) in [5, 5.41) is 0. The first-order chi connectivity index (χ1) is 14.8. The number of carbonyl (C=O) groups is 1. The van der Waals surface area contributed by atoms with E-state index in [-0.39, 0.29) is 5.91 Å². The van der Waals surface area contributed by atoms with Crippen LogP contribution >= 0.6 is 0 Å². The van der Waals surface area contributed by atoms with Crippen LogP contribution in [0.2, 0.25) is 0 Å². The third-order valence-electron chi connectivity index (χ3n) is 5.63. The topological polar surface area (TPSA) is 26.8 Å². The molecule has 4 nitrogen and oxygen atoms in total. The summed E-state index contributed by atoms with van der Waals surface area (Å²) in [7, 11) is 0. The summed E-state index contributed by atoms with van der Waals surface area (Å²) < 4.78 is 0. The number of benzene rings is 3. The molecule has 0 saturated carbocycles. The minimum atomic E-state index is 0.154. The van der Waals surface area contributed by atoms with Gasteiger partial charge in [-0.15, -0.1) is 0 Å². The van der Waals surface area contributed by atoms with Crippen LogP contribution in [0.1, 0.15) is 11.1 Å². The number of carbonyl (C=O) groups excluding carboxylic acids is 1. The Balaban J connectivity index is 1.36. The average molecular weight is 400 g/mol. The molecule has 30 heavy (non-hydrogen) atoms. The standard InChI is InChI=1S/C26H29N3O/c30-26(22-28-18-16-27(17-19-28)20-23-10-4-1-5-11-23)29(25-14-8-3-9-15-25)21-24-12-6-2-7-13-24/h1-15H,16-22H2. The van der Waals surface area contributed by atoms with Crippen LogP contribution in [0.25, 0.3) is 0 Å². The zero-order valence-electron chi connectivity index (χ0n) is 17.4. The van der Waals surface area contributed by atoms with E-state index in [1.807, 2.05) is 53.4 Å². The number of hydrogen-bond donors (Lipinski definition) is 0. The predicted octanol–water partition coefficient (Wildman–Crippen LogP) is 4.04. The fraction of sp³-hybridized carbons (Fsp3) is 0.269. The van der Waals surface area contributed by atoms with Crippen molar-refractivity contribution in [2.24, 2.45) is 0 Å². The number of amides is 1. The lowest BCUT2D eigenvalue weighted by Crippen LogP contribution is -2.49. The molecule has 4 heteroatoms. The van der Waals surface area contributed by atoms with Gasteiger partial charge in [-0.05, 0) is 23.3 Å². The molecule has 0 aromatic heterocycles. The van der Waals surface area contributed by atoms with Gasteiger partial charge in [-0.2, -0.15) is 0 Å². The van der Waals surface area contributed by atoms with Crippen LogP contribution in [0.15, 0.2) is 91.0 Å². The number of hydrogen-bond acceptors (Lipinski definition) is 3. The molecule has 0 N–H and O–H groups in total. The summed E-state index contributed by atoms with van der Waals surface area (Å²) in [6.45, 7) is 5.86. The van der Waals surface area contributed by atoms with Crippen LogP contribution in [0.5, 0.6) is 0 Å². The zero-order chi connectivity index (χ0) is 20.6. The molecular formula is C26H29N3O. The molecule has 0 radical (unpaired) electrons. The first kappa shape index (κ1) is 20.3. The summed E-state index contributed by atoms with van der Waals surface area (Å²) in [5.74, 6) is 0.154. The highest BCUT2D eigenvalue weighted by atomic mass is 16.2.